The zero-order chi connectivity index (χ0) is 23.6. The molecule has 2 aromatic heterocycles. The van der Waals surface area contributed by atoms with Gasteiger partial charge < -0.3 is 9.47 Å². The van der Waals surface area contributed by atoms with Gasteiger partial charge in [0.05, 0.1) is 13.2 Å². The second-order valence-corrected chi connectivity index (χ2v) is 9.06. The molecule has 0 aliphatic rings. The molecule has 2 heterocycles. The van der Waals surface area contributed by atoms with Gasteiger partial charge in [-0.05, 0) is 55.0 Å². The van der Waals surface area contributed by atoms with Crippen LogP contribution in [0.25, 0.3) is 5.65 Å². The van der Waals surface area contributed by atoms with Crippen LogP contribution in [0.1, 0.15) is 68.9 Å². The molecule has 0 spiro atoms. The third kappa shape index (κ3) is 4.84. The predicted molar refractivity (Wildman–Crippen MR) is 123 cm³/mol. The van der Waals surface area contributed by atoms with E-state index in [1.807, 2.05) is 25.1 Å². The van der Waals surface area contributed by atoms with Crippen LogP contribution in [0.3, 0.4) is 0 Å². The van der Waals surface area contributed by atoms with E-state index >= 15 is 0 Å². The van der Waals surface area contributed by atoms with Crippen LogP contribution in [0.4, 0.5) is 0 Å². The first kappa shape index (κ1) is 23.5. The van der Waals surface area contributed by atoms with Crippen LogP contribution in [0, 0.1) is 12.3 Å². The monoisotopic (exact) mass is 439 g/mol. The van der Waals surface area contributed by atoms with E-state index < -0.39 is 0 Å². The summed E-state index contributed by atoms with van der Waals surface area (Å²) in [6.45, 7) is 12.2. The number of nitrogens with zero attached hydrogens (tertiary/aromatic N) is 4. The summed E-state index contributed by atoms with van der Waals surface area (Å²) >= 11 is 0. The molecule has 0 amide bonds. The fraction of sp³-hybridized carbons (Fsp3) is 0.500. The Morgan fingerprint density at radius 1 is 1.12 bits per heavy atom. The molecule has 1 N–H and O–H groups in total. The quantitative estimate of drug-likeness (QED) is 0.534. The van der Waals surface area contributed by atoms with Crippen molar-refractivity contribution >= 4 is 11.4 Å². The van der Waals surface area contributed by atoms with Crippen LogP contribution in [-0.2, 0) is 12.0 Å². The smallest absolute Gasteiger partial charge is 0.242 e. The number of nitrogens with one attached hydrogen (secondary N) is 1. The van der Waals surface area contributed by atoms with E-state index in [1.165, 1.54) is 9.20 Å². The van der Waals surface area contributed by atoms with Crippen molar-refractivity contribution < 1.29 is 14.3 Å². The van der Waals surface area contributed by atoms with E-state index in [1.54, 1.807) is 13.2 Å². The minimum atomic E-state index is -0.151. The molecular formula is C24H33N5O3. The van der Waals surface area contributed by atoms with Crippen LogP contribution < -0.4 is 15.1 Å². The lowest BCUT2D eigenvalue weighted by atomic mass is 9.85. The summed E-state index contributed by atoms with van der Waals surface area (Å²) in [5.41, 5.74) is 2.76. The highest BCUT2D eigenvalue weighted by Gasteiger charge is 2.20. The fourth-order valence-electron chi connectivity index (χ4n) is 3.42. The van der Waals surface area contributed by atoms with Crippen LogP contribution >= 0.6 is 0 Å². The van der Waals surface area contributed by atoms with Gasteiger partial charge >= 0.3 is 0 Å². The van der Waals surface area contributed by atoms with Crippen molar-refractivity contribution in [3.05, 3.63) is 46.6 Å². The fourth-order valence-corrected chi connectivity index (χ4v) is 3.42. The molecule has 0 aliphatic heterocycles. The lowest BCUT2D eigenvalue weighted by molar-refractivity contribution is 0.0965. The molecule has 0 unspecified atom stereocenters. The van der Waals surface area contributed by atoms with Gasteiger partial charge in [-0.3, -0.25) is 10.2 Å². The van der Waals surface area contributed by atoms with Gasteiger partial charge in [-0.25, -0.2) is 4.68 Å². The molecule has 0 saturated heterocycles. The number of hydrogen-bond donors (Lipinski definition) is 1. The number of benzene rings is 1. The summed E-state index contributed by atoms with van der Waals surface area (Å²) in [6, 6.07) is 7.38. The maximum absolute atomic E-state index is 13.1. The van der Waals surface area contributed by atoms with Crippen molar-refractivity contribution in [3.63, 3.8) is 0 Å². The van der Waals surface area contributed by atoms with E-state index in [0.717, 1.165) is 24.0 Å². The standard InChI is InChI=1S/C24H33N5O3/c1-8-18(9-2)32-22-15(3)10-21-26-28(23(25)29(21)27-22)14-20(30)16-11-17(24(4,5)6)13-19(12-16)31-7/h10-13,18,25H,8-9,14H2,1-7H3. The molecule has 32 heavy (non-hydrogen) atoms. The van der Waals surface area contributed by atoms with Crippen LogP contribution in [-0.4, -0.2) is 38.4 Å². The highest BCUT2D eigenvalue weighted by Crippen LogP contribution is 2.28. The van der Waals surface area contributed by atoms with Crippen molar-refractivity contribution in [2.45, 2.75) is 72.4 Å². The lowest BCUT2D eigenvalue weighted by Gasteiger charge is -2.20. The third-order valence-electron chi connectivity index (χ3n) is 5.57. The van der Waals surface area contributed by atoms with Crippen molar-refractivity contribution in [2.24, 2.45) is 0 Å². The number of Topliss-reactive ketones (excluding diaryl/α,β-unsaturated/α-hetero) is 1. The number of carbonyl (C=O) groups is 1. The zero-order valence-corrected chi connectivity index (χ0v) is 20.0. The molecule has 1 aromatic carbocycles. The normalized spacial score (nSPS) is 11.9. The Hall–Kier alpha value is -3.16. The lowest BCUT2D eigenvalue weighted by Crippen LogP contribution is -2.27. The Labute approximate surface area is 188 Å². The van der Waals surface area contributed by atoms with Crippen LogP contribution in [0.2, 0.25) is 0 Å². The zero-order valence-electron chi connectivity index (χ0n) is 20.0. The number of hydrogen-bond acceptors (Lipinski definition) is 6. The molecule has 0 fully saturated rings. The number of fused-ring (bicyclic) bond motifs is 1. The first-order valence-electron chi connectivity index (χ1n) is 11.0. The van der Waals surface area contributed by atoms with Crippen molar-refractivity contribution in [2.75, 3.05) is 7.11 Å². The highest BCUT2D eigenvalue weighted by molar-refractivity contribution is 5.96. The molecule has 0 bridgehead atoms. The first-order chi connectivity index (χ1) is 15.1. The molecule has 3 aromatic rings. The van der Waals surface area contributed by atoms with Gasteiger partial charge in [0, 0.05) is 11.1 Å². The Kier molecular flexibility index (Phi) is 6.71. The maximum Gasteiger partial charge on any atom is 0.242 e. The Morgan fingerprint density at radius 3 is 2.41 bits per heavy atom. The maximum atomic E-state index is 13.1. The average Bonchev–Trinajstić information content (AvgIpc) is 3.05. The summed E-state index contributed by atoms with van der Waals surface area (Å²) in [5.74, 6) is 0.965. The van der Waals surface area contributed by atoms with Crippen molar-refractivity contribution in [3.8, 4) is 11.6 Å². The van der Waals surface area contributed by atoms with Gasteiger partial charge in [-0.1, -0.05) is 34.6 Å². The van der Waals surface area contributed by atoms with Gasteiger partial charge in [-0.2, -0.15) is 4.52 Å². The number of methoxy groups -OCH3 is 1. The topological polar surface area (TPSA) is 94.5 Å². The van der Waals surface area contributed by atoms with E-state index in [-0.39, 0.29) is 29.5 Å². The second kappa shape index (κ2) is 9.14. The Balaban J connectivity index is 1.95. The largest absolute Gasteiger partial charge is 0.497 e. The summed E-state index contributed by atoms with van der Waals surface area (Å²) in [6.07, 6.45) is 1.81. The summed E-state index contributed by atoms with van der Waals surface area (Å²) in [5, 5.41) is 17.4. The Morgan fingerprint density at radius 2 is 1.81 bits per heavy atom. The molecule has 0 atom stereocenters. The second-order valence-electron chi connectivity index (χ2n) is 9.06. The number of ketones is 1. The number of ether oxygens (including phenoxy) is 2. The molecule has 172 valence electrons. The number of rotatable bonds is 8. The average molecular weight is 440 g/mol. The SMILES string of the molecule is CCC(CC)Oc1nn2c(=N)n(CC(=O)c3cc(OC)cc(C(C)(C)C)c3)nc2cc1C. The molecule has 8 heteroatoms. The van der Waals surface area contributed by atoms with Crippen LogP contribution in [0.5, 0.6) is 11.6 Å². The Bertz CT molecular complexity index is 1180. The van der Waals surface area contributed by atoms with Crippen molar-refractivity contribution in [1.82, 2.24) is 19.4 Å². The third-order valence-corrected chi connectivity index (χ3v) is 5.57. The number of aryl methyl sites for hydroxylation is 1. The molecule has 0 saturated carbocycles. The van der Waals surface area contributed by atoms with E-state index in [2.05, 4.69) is 44.8 Å². The summed E-state index contributed by atoms with van der Waals surface area (Å²) in [4.78, 5) is 13.1. The van der Waals surface area contributed by atoms with Gasteiger partial charge in [-0.15, -0.1) is 10.2 Å². The van der Waals surface area contributed by atoms with Gasteiger partial charge in [0.2, 0.25) is 11.5 Å². The predicted octanol–water partition coefficient (Wildman–Crippen LogP) is 4.08. The molecule has 0 aliphatic carbocycles. The minimum absolute atomic E-state index is 0.0155. The molecule has 8 nitrogen and oxygen atoms in total. The van der Waals surface area contributed by atoms with Gasteiger partial charge in [0.1, 0.15) is 12.3 Å². The van der Waals surface area contributed by atoms with Crippen molar-refractivity contribution in [1.29, 1.82) is 5.41 Å². The van der Waals surface area contributed by atoms with Crippen LogP contribution in [0.15, 0.2) is 24.3 Å². The minimum Gasteiger partial charge on any atom is -0.497 e. The van der Waals surface area contributed by atoms with Gasteiger partial charge in [0.25, 0.3) is 0 Å². The number of carbonyl (C=O) groups excluding carboxylic acids is 1. The van der Waals surface area contributed by atoms with E-state index in [4.69, 9.17) is 14.9 Å². The molecule has 3 rings (SSSR count). The summed E-state index contributed by atoms with van der Waals surface area (Å²) in [7, 11) is 1.59. The highest BCUT2D eigenvalue weighted by atomic mass is 16.5. The summed E-state index contributed by atoms with van der Waals surface area (Å²) < 4.78 is 14.2. The molecular weight excluding hydrogens is 406 g/mol. The van der Waals surface area contributed by atoms with E-state index in [9.17, 15) is 4.79 Å². The van der Waals surface area contributed by atoms with Gasteiger partial charge in [0.15, 0.2) is 11.4 Å². The number of aromatic nitrogens is 4. The molecule has 0 radical (unpaired) electrons. The van der Waals surface area contributed by atoms with E-state index in [0.29, 0.717) is 22.8 Å². The first-order valence-corrected chi connectivity index (χ1v) is 11.0.